The number of fused-ring (bicyclic) bond motifs is 3. The molecule has 1 aliphatic heterocycles. The summed E-state index contributed by atoms with van der Waals surface area (Å²) in [7, 11) is 0. The number of cyclic esters (lactones) is 1. The number of furan rings is 1. The minimum absolute atomic E-state index is 0.0480. The van der Waals surface area contributed by atoms with Crippen LogP contribution in [-0.2, 0) is 44.8 Å². The highest BCUT2D eigenvalue weighted by Crippen LogP contribution is 2.65. The highest BCUT2D eigenvalue weighted by molar-refractivity contribution is 5.95. The minimum atomic E-state index is -1.12. The predicted molar refractivity (Wildman–Crippen MR) is 148 cm³/mol. The fourth-order valence-corrected chi connectivity index (χ4v) is 7.85. The molecule has 1 unspecified atom stereocenters. The molecule has 3 fully saturated rings. The van der Waals surface area contributed by atoms with Crippen molar-refractivity contribution in [3.05, 3.63) is 60.1 Å². The summed E-state index contributed by atoms with van der Waals surface area (Å²) in [6, 6.07) is 11.0. The van der Waals surface area contributed by atoms with Gasteiger partial charge in [-0.05, 0) is 41.7 Å². The molecule has 3 aliphatic rings. The number of ketones is 2. The Morgan fingerprint density at radius 3 is 2.48 bits per heavy atom. The van der Waals surface area contributed by atoms with Crippen LogP contribution in [0.4, 0.5) is 0 Å². The van der Waals surface area contributed by atoms with Gasteiger partial charge in [-0.25, -0.2) is 0 Å². The first-order valence-corrected chi connectivity index (χ1v) is 14.6. The molecular weight excluding hydrogens is 540 g/mol. The van der Waals surface area contributed by atoms with E-state index in [1.54, 1.807) is 13.0 Å². The first-order valence-electron chi connectivity index (χ1n) is 14.6. The Balaban J connectivity index is 1.41. The molecular formula is C33H38O9. The number of carbonyl (C=O) groups is 5. The van der Waals surface area contributed by atoms with Crippen LogP contribution in [-0.4, -0.2) is 35.6 Å². The summed E-state index contributed by atoms with van der Waals surface area (Å²) in [4.78, 5) is 66.3. The third-order valence-electron chi connectivity index (χ3n) is 9.85. The van der Waals surface area contributed by atoms with Gasteiger partial charge in [-0.3, -0.25) is 24.0 Å². The Bertz CT molecular complexity index is 1350. The van der Waals surface area contributed by atoms with Crippen LogP contribution >= 0.6 is 0 Å². The molecule has 9 nitrogen and oxygen atoms in total. The molecule has 9 heteroatoms. The van der Waals surface area contributed by atoms with Crippen molar-refractivity contribution in [3.63, 3.8) is 0 Å². The second-order valence-electron chi connectivity index (χ2n) is 12.7. The van der Waals surface area contributed by atoms with Gasteiger partial charge in [0, 0.05) is 37.2 Å². The molecule has 5 rings (SSSR count). The summed E-state index contributed by atoms with van der Waals surface area (Å²) in [6.07, 6.45) is 2.57. The number of rotatable bonds is 8. The number of esters is 3. The number of Topliss-reactive ketones (excluding diaryl/α,β-unsaturated/α-hetero) is 2. The molecule has 1 aromatic heterocycles. The van der Waals surface area contributed by atoms with E-state index in [4.69, 9.17) is 18.6 Å². The molecule has 0 N–H and O–H groups in total. The maximum absolute atomic E-state index is 14.1. The highest BCUT2D eigenvalue weighted by Gasteiger charge is 2.67. The van der Waals surface area contributed by atoms with Crippen molar-refractivity contribution in [2.75, 3.05) is 0 Å². The van der Waals surface area contributed by atoms with Gasteiger partial charge in [0.1, 0.15) is 18.5 Å². The lowest BCUT2D eigenvalue weighted by molar-refractivity contribution is -0.207. The Hall–Kier alpha value is -3.75. The van der Waals surface area contributed by atoms with Gasteiger partial charge in [0.05, 0.1) is 24.4 Å². The SMILES string of the molecule is CC(=O)O[C@H]1C[C@@H](C(=O)CC(C)C(=O)OCc2ccccc2)[C@]2(C)CC[C@H]3C(=O)O[C@@H](c4ccoc4)C[C@]3(C)[C@H]2C1=O. The molecule has 2 heterocycles. The molecule has 2 aliphatic carbocycles. The lowest BCUT2D eigenvalue weighted by Gasteiger charge is -2.61. The fraction of sp³-hybridized carbons (Fsp3) is 0.545. The number of benzene rings is 1. The first kappa shape index (κ1) is 29.7. The van der Waals surface area contributed by atoms with Crippen molar-refractivity contribution in [2.45, 2.75) is 78.6 Å². The summed E-state index contributed by atoms with van der Waals surface area (Å²) >= 11 is 0. The number of hydrogen-bond acceptors (Lipinski definition) is 9. The molecule has 8 atom stereocenters. The molecule has 224 valence electrons. The Morgan fingerprint density at radius 2 is 1.81 bits per heavy atom. The van der Waals surface area contributed by atoms with Gasteiger partial charge in [0.15, 0.2) is 11.9 Å². The zero-order valence-electron chi connectivity index (χ0n) is 24.5. The highest BCUT2D eigenvalue weighted by atomic mass is 16.6. The van der Waals surface area contributed by atoms with Crippen molar-refractivity contribution < 1.29 is 42.6 Å². The van der Waals surface area contributed by atoms with Gasteiger partial charge >= 0.3 is 17.9 Å². The molecule has 2 saturated carbocycles. The van der Waals surface area contributed by atoms with E-state index >= 15 is 0 Å². The quantitative estimate of drug-likeness (QED) is 0.308. The number of carbonyl (C=O) groups excluding carboxylic acids is 5. The molecule has 0 spiro atoms. The Kier molecular flexibility index (Phi) is 8.14. The monoisotopic (exact) mass is 578 g/mol. The lowest BCUT2D eigenvalue weighted by atomic mass is 9.42. The second kappa shape index (κ2) is 11.5. The van der Waals surface area contributed by atoms with E-state index in [0.717, 1.165) is 5.56 Å². The van der Waals surface area contributed by atoms with Crippen LogP contribution in [0.15, 0.2) is 53.3 Å². The van der Waals surface area contributed by atoms with Gasteiger partial charge < -0.3 is 18.6 Å². The number of hydrogen-bond donors (Lipinski definition) is 0. The van der Waals surface area contributed by atoms with Crippen LogP contribution in [0.2, 0.25) is 0 Å². The Morgan fingerprint density at radius 1 is 1.07 bits per heavy atom. The largest absolute Gasteiger partial charge is 0.472 e. The van der Waals surface area contributed by atoms with Crippen molar-refractivity contribution in [2.24, 2.45) is 34.5 Å². The molecule has 2 aromatic rings. The maximum Gasteiger partial charge on any atom is 0.310 e. The van der Waals surface area contributed by atoms with E-state index in [-0.39, 0.29) is 37.0 Å². The van der Waals surface area contributed by atoms with Crippen LogP contribution in [0, 0.1) is 34.5 Å². The zero-order valence-corrected chi connectivity index (χ0v) is 24.5. The third kappa shape index (κ3) is 5.41. The summed E-state index contributed by atoms with van der Waals surface area (Å²) < 4.78 is 22.0. The van der Waals surface area contributed by atoms with E-state index in [2.05, 4.69) is 0 Å². The van der Waals surface area contributed by atoms with E-state index in [9.17, 15) is 24.0 Å². The topological polar surface area (TPSA) is 126 Å². The standard InChI is InChI=1S/C33H38O9/c1-19(30(37)40-17-21-8-6-5-7-9-21)14-25(35)24-15-26(41-20(2)34)28(36)29-32(24,3)12-10-23-31(38)42-27(16-33(23,29)4)22-11-13-39-18-22/h5-9,11,13,18-19,23-24,26-27,29H,10,12,14-17H2,1-4H3/t19?,23-,24-,26-,27+,29-,32-,33-/m0/s1. The smallest absolute Gasteiger partial charge is 0.310 e. The molecule has 1 saturated heterocycles. The Labute approximate surface area is 245 Å². The molecule has 1 aromatic carbocycles. The van der Waals surface area contributed by atoms with Crippen LogP contribution in [0.25, 0.3) is 0 Å². The van der Waals surface area contributed by atoms with E-state index in [1.807, 2.05) is 44.2 Å². The fourth-order valence-electron chi connectivity index (χ4n) is 7.85. The average molecular weight is 579 g/mol. The van der Waals surface area contributed by atoms with Gasteiger partial charge in [-0.1, -0.05) is 51.1 Å². The summed E-state index contributed by atoms with van der Waals surface area (Å²) in [5.41, 5.74) is -0.105. The summed E-state index contributed by atoms with van der Waals surface area (Å²) in [5.74, 6) is -4.55. The first-order chi connectivity index (χ1) is 19.9. The van der Waals surface area contributed by atoms with Crippen LogP contribution < -0.4 is 0 Å². The summed E-state index contributed by atoms with van der Waals surface area (Å²) in [5, 5.41) is 0. The lowest BCUT2D eigenvalue weighted by Crippen LogP contribution is -2.64. The van der Waals surface area contributed by atoms with Gasteiger partial charge in [0.25, 0.3) is 0 Å². The summed E-state index contributed by atoms with van der Waals surface area (Å²) in [6.45, 7) is 6.87. The normalized spacial score (nSPS) is 33.0. The van der Waals surface area contributed by atoms with Gasteiger partial charge in [0.2, 0.25) is 0 Å². The third-order valence-corrected chi connectivity index (χ3v) is 9.85. The average Bonchev–Trinajstić information content (AvgIpc) is 3.48. The molecule has 0 bridgehead atoms. The van der Waals surface area contributed by atoms with Crippen molar-refractivity contribution in [1.29, 1.82) is 0 Å². The number of ether oxygens (including phenoxy) is 3. The minimum Gasteiger partial charge on any atom is -0.472 e. The van der Waals surface area contributed by atoms with E-state index in [0.29, 0.717) is 24.8 Å². The van der Waals surface area contributed by atoms with Gasteiger partial charge in [-0.15, -0.1) is 0 Å². The zero-order chi connectivity index (χ0) is 30.2. The molecule has 0 amide bonds. The van der Waals surface area contributed by atoms with Crippen LogP contribution in [0.5, 0.6) is 0 Å². The predicted octanol–water partition coefficient (Wildman–Crippen LogP) is 5.17. The van der Waals surface area contributed by atoms with Crippen LogP contribution in [0.1, 0.15) is 77.0 Å². The molecule has 42 heavy (non-hydrogen) atoms. The van der Waals surface area contributed by atoms with Crippen molar-refractivity contribution in [1.82, 2.24) is 0 Å². The van der Waals surface area contributed by atoms with Crippen molar-refractivity contribution >= 4 is 29.5 Å². The van der Waals surface area contributed by atoms with E-state index in [1.165, 1.54) is 19.5 Å². The van der Waals surface area contributed by atoms with Gasteiger partial charge in [-0.2, -0.15) is 0 Å². The van der Waals surface area contributed by atoms with Crippen molar-refractivity contribution in [3.8, 4) is 0 Å². The maximum atomic E-state index is 14.1. The second-order valence-corrected chi connectivity index (χ2v) is 12.7. The molecule has 0 radical (unpaired) electrons. The van der Waals surface area contributed by atoms with Crippen LogP contribution in [0.3, 0.4) is 0 Å². The van der Waals surface area contributed by atoms with E-state index < -0.39 is 58.6 Å².